The van der Waals surface area contributed by atoms with Crippen LogP contribution in [-0.2, 0) is 0 Å². The van der Waals surface area contributed by atoms with Crippen molar-refractivity contribution >= 4 is 16.9 Å². The molecule has 0 saturated heterocycles. The van der Waals surface area contributed by atoms with Crippen molar-refractivity contribution in [1.82, 2.24) is 15.5 Å². The lowest BCUT2D eigenvalue weighted by Gasteiger charge is -1.93. The van der Waals surface area contributed by atoms with Crippen LogP contribution in [0.3, 0.4) is 0 Å². The molecule has 17 heavy (non-hydrogen) atoms. The maximum atomic E-state index is 10.9. The second-order valence-electron chi connectivity index (χ2n) is 3.47. The van der Waals surface area contributed by atoms with Crippen molar-refractivity contribution in [2.24, 2.45) is 0 Å². The number of H-pyrrole nitrogens is 1. The number of aromatic nitrogens is 2. The van der Waals surface area contributed by atoms with Crippen LogP contribution in [0.15, 0.2) is 18.2 Å². The third-order valence-corrected chi connectivity index (χ3v) is 2.26. The van der Waals surface area contributed by atoms with Crippen LogP contribution in [-0.4, -0.2) is 34.9 Å². The Labute approximate surface area is 97.8 Å². The van der Waals surface area contributed by atoms with E-state index in [1.54, 1.807) is 12.1 Å². The van der Waals surface area contributed by atoms with E-state index in [-0.39, 0.29) is 5.69 Å². The number of aromatic carboxylic acids is 1. The molecule has 5 nitrogen and oxygen atoms in total. The van der Waals surface area contributed by atoms with E-state index in [0.717, 1.165) is 5.56 Å². The average Bonchev–Trinajstić information content (AvgIpc) is 2.72. The number of fused-ring (bicyclic) bond motifs is 1. The number of nitrogens with one attached hydrogen (secondary N) is 2. The molecule has 0 aliphatic carbocycles. The first-order chi connectivity index (χ1) is 8.22. The Balaban J connectivity index is 2.45. The highest BCUT2D eigenvalue weighted by molar-refractivity contribution is 6.01. The molecule has 0 spiro atoms. The van der Waals surface area contributed by atoms with Gasteiger partial charge in [0, 0.05) is 10.9 Å². The van der Waals surface area contributed by atoms with Gasteiger partial charge in [-0.2, -0.15) is 5.10 Å². The molecule has 0 bridgehead atoms. The van der Waals surface area contributed by atoms with Crippen molar-refractivity contribution < 1.29 is 9.90 Å². The summed E-state index contributed by atoms with van der Waals surface area (Å²) in [5, 5.41) is 18.9. The molecule has 0 fully saturated rings. The number of nitrogens with zero attached hydrogens (tertiary/aromatic N) is 1. The maximum absolute atomic E-state index is 10.9. The van der Waals surface area contributed by atoms with Crippen LogP contribution in [0.25, 0.3) is 10.9 Å². The lowest BCUT2D eigenvalue weighted by Crippen LogP contribution is -2.04. The summed E-state index contributed by atoms with van der Waals surface area (Å²) < 4.78 is 0. The van der Waals surface area contributed by atoms with Gasteiger partial charge in [0.25, 0.3) is 0 Å². The Morgan fingerprint density at radius 1 is 1.59 bits per heavy atom. The van der Waals surface area contributed by atoms with E-state index >= 15 is 0 Å². The second-order valence-corrected chi connectivity index (χ2v) is 3.47. The number of carboxylic acid groups (broad SMARTS) is 1. The second kappa shape index (κ2) is 4.68. The molecule has 0 saturated carbocycles. The number of carboxylic acids is 1. The van der Waals surface area contributed by atoms with Crippen molar-refractivity contribution in [3.63, 3.8) is 0 Å². The third-order valence-electron chi connectivity index (χ3n) is 2.26. The normalized spacial score (nSPS) is 9.94. The van der Waals surface area contributed by atoms with Gasteiger partial charge in [-0.3, -0.25) is 5.10 Å². The van der Waals surface area contributed by atoms with Crippen LogP contribution in [0.4, 0.5) is 0 Å². The summed E-state index contributed by atoms with van der Waals surface area (Å²) in [5.41, 5.74) is 1.50. The standard InChI is InChI=1S/C12H11N3O2/c1-13-6-2-3-8-4-5-10-9(7-8)11(12(16)17)15-14-10/h4-5,7,13H,6H2,1H3,(H,14,15)(H,16,17). The van der Waals surface area contributed by atoms with Gasteiger partial charge in [0.1, 0.15) is 0 Å². The molecule has 0 aliphatic rings. The van der Waals surface area contributed by atoms with Gasteiger partial charge in [0.05, 0.1) is 12.1 Å². The van der Waals surface area contributed by atoms with Crippen LogP contribution in [0, 0.1) is 11.8 Å². The Hall–Kier alpha value is -2.32. The highest BCUT2D eigenvalue weighted by atomic mass is 16.4. The molecule has 2 rings (SSSR count). The molecule has 2 aromatic rings. The fourth-order valence-corrected chi connectivity index (χ4v) is 1.49. The van der Waals surface area contributed by atoms with Gasteiger partial charge in [-0.15, -0.1) is 0 Å². The third kappa shape index (κ3) is 2.27. The van der Waals surface area contributed by atoms with Crippen LogP contribution in [0.2, 0.25) is 0 Å². The fraction of sp³-hybridized carbons (Fsp3) is 0.167. The lowest BCUT2D eigenvalue weighted by atomic mass is 10.1. The van der Waals surface area contributed by atoms with E-state index in [0.29, 0.717) is 17.4 Å². The van der Waals surface area contributed by atoms with Gasteiger partial charge < -0.3 is 10.4 Å². The molecule has 1 heterocycles. The molecule has 5 heteroatoms. The molecule has 0 radical (unpaired) electrons. The zero-order chi connectivity index (χ0) is 12.3. The van der Waals surface area contributed by atoms with Crippen LogP contribution in [0.5, 0.6) is 0 Å². The van der Waals surface area contributed by atoms with E-state index in [1.807, 2.05) is 13.1 Å². The van der Waals surface area contributed by atoms with E-state index in [1.165, 1.54) is 0 Å². The van der Waals surface area contributed by atoms with E-state index in [9.17, 15) is 4.79 Å². The SMILES string of the molecule is CNCC#Cc1ccc2[nH]nc(C(=O)O)c2c1. The summed E-state index contributed by atoms with van der Waals surface area (Å²) in [6.07, 6.45) is 0. The molecule has 0 aliphatic heterocycles. The average molecular weight is 229 g/mol. The van der Waals surface area contributed by atoms with Crippen molar-refractivity contribution in [2.75, 3.05) is 13.6 Å². The first-order valence-corrected chi connectivity index (χ1v) is 5.07. The molecular formula is C12H11N3O2. The van der Waals surface area contributed by atoms with Gasteiger partial charge in [-0.1, -0.05) is 11.8 Å². The summed E-state index contributed by atoms with van der Waals surface area (Å²) in [6, 6.07) is 5.33. The summed E-state index contributed by atoms with van der Waals surface area (Å²) in [6.45, 7) is 0.592. The molecule has 0 unspecified atom stereocenters. The topological polar surface area (TPSA) is 78.0 Å². The number of benzene rings is 1. The van der Waals surface area contributed by atoms with Crippen molar-refractivity contribution in [2.45, 2.75) is 0 Å². The Morgan fingerprint density at radius 3 is 3.12 bits per heavy atom. The van der Waals surface area contributed by atoms with E-state index < -0.39 is 5.97 Å². The molecular weight excluding hydrogens is 218 g/mol. The number of aromatic amines is 1. The first kappa shape index (κ1) is 11.2. The zero-order valence-electron chi connectivity index (χ0n) is 9.24. The summed E-state index contributed by atoms with van der Waals surface area (Å²) in [7, 11) is 1.82. The largest absolute Gasteiger partial charge is 0.476 e. The number of hydrogen-bond acceptors (Lipinski definition) is 3. The van der Waals surface area contributed by atoms with E-state index in [2.05, 4.69) is 27.4 Å². The van der Waals surface area contributed by atoms with Gasteiger partial charge >= 0.3 is 5.97 Å². The summed E-state index contributed by atoms with van der Waals surface area (Å²) in [4.78, 5) is 10.9. The van der Waals surface area contributed by atoms with Gasteiger partial charge in [-0.05, 0) is 25.2 Å². The Kier molecular flexibility index (Phi) is 3.08. The van der Waals surface area contributed by atoms with Crippen LogP contribution in [0.1, 0.15) is 16.1 Å². The summed E-state index contributed by atoms with van der Waals surface area (Å²) >= 11 is 0. The maximum Gasteiger partial charge on any atom is 0.357 e. The summed E-state index contributed by atoms with van der Waals surface area (Å²) in [5.74, 6) is 4.82. The number of rotatable bonds is 2. The Morgan fingerprint density at radius 2 is 2.41 bits per heavy atom. The van der Waals surface area contributed by atoms with E-state index in [4.69, 9.17) is 5.11 Å². The highest BCUT2D eigenvalue weighted by Crippen LogP contribution is 2.17. The zero-order valence-corrected chi connectivity index (χ0v) is 9.24. The minimum Gasteiger partial charge on any atom is -0.476 e. The molecule has 1 aromatic heterocycles. The molecule has 0 atom stereocenters. The fourth-order valence-electron chi connectivity index (χ4n) is 1.49. The van der Waals surface area contributed by atoms with Gasteiger partial charge in [-0.25, -0.2) is 4.79 Å². The number of carbonyl (C=O) groups is 1. The Bertz CT molecular complexity index is 619. The minimum atomic E-state index is -1.04. The van der Waals surface area contributed by atoms with Crippen molar-refractivity contribution in [3.8, 4) is 11.8 Å². The molecule has 0 amide bonds. The van der Waals surface area contributed by atoms with Crippen LogP contribution < -0.4 is 5.32 Å². The number of hydrogen-bond donors (Lipinski definition) is 3. The van der Waals surface area contributed by atoms with Gasteiger partial charge in [0.2, 0.25) is 0 Å². The first-order valence-electron chi connectivity index (χ1n) is 5.07. The van der Waals surface area contributed by atoms with Crippen molar-refractivity contribution in [3.05, 3.63) is 29.5 Å². The van der Waals surface area contributed by atoms with Gasteiger partial charge in [0.15, 0.2) is 5.69 Å². The van der Waals surface area contributed by atoms with Crippen LogP contribution >= 0.6 is 0 Å². The monoisotopic (exact) mass is 229 g/mol. The quantitative estimate of drug-likeness (QED) is 0.666. The smallest absolute Gasteiger partial charge is 0.357 e. The molecule has 86 valence electrons. The predicted octanol–water partition coefficient (Wildman–Crippen LogP) is 0.832. The molecule has 1 aromatic carbocycles. The minimum absolute atomic E-state index is 0.0252. The molecule has 3 N–H and O–H groups in total. The van der Waals surface area contributed by atoms with Crippen molar-refractivity contribution in [1.29, 1.82) is 0 Å². The predicted molar refractivity (Wildman–Crippen MR) is 63.9 cm³/mol. The highest BCUT2D eigenvalue weighted by Gasteiger charge is 2.12. The lowest BCUT2D eigenvalue weighted by molar-refractivity contribution is 0.0692.